The molecule has 1 aliphatic heterocycles. The minimum absolute atomic E-state index is 0.0306. The van der Waals surface area contributed by atoms with Gasteiger partial charge >= 0.3 is 0 Å². The van der Waals surface area contributed by atoms with Crippen LogP contribution in [0.4, 0.5) is 17.1 Å². The average Bonchev–Trinajstić information content (AvgIpc) is 3.11. The van der Waals surface area contributed by atoms with Gasteiger partial charge in [-0.25, -0.2) is 0 Å². The third kappa shape index (κ3) is 4.53. The monoisotopic (exact) mass is 395 g/mol. The summed E-state index contributed by atoms with van der Waals surface area (Å²) in [5, 5.41) is 2.93. The van der Waals surface area contributed by atoms with E-state index in [-0.39, 0.29) is 18.2 Å². The van der Waals surface area contributed by atoms with Gasteiger partial charge in [-0.2, -0.15) is 0 Å². The summed E-state index contributed by atoms with van der Waals surface area (Å²) >= 11 is 0. The zero-order valence-electron chi connectivity index (χ0n) is 17.6. The highest BCUT2D eigenvalue weighted by atomic mass is 16.5. The fourth-order valence-electron chi connectivity index (χ4n) is 3.72. The van der Waals surface area contributed by atoms with Crippen molar-refractivity contribution in [1.82, 2.24) is 0 Å². The molecule has 0 aromatic heterocycles. The minimum atomic E-state index is -0.393. The number of nitrogens with one attached hydrogen (secondary N) is 1. The predicted molar refractivity (Wildman–Crippen MR) is 117 cm³/mol. The van der Waals surface area contributed by atoms with Crippen LogP contribution in [0.1, 0.15) is 25.8 Å². The molecule has 0 radical (unpaired) electrons. The van der Waals surface area contributed by atoms with Crippen molar-refractivity contribution < 1.29 is 14.3 Å². The van der Waals surface area contributed by atoms with Gasteiger partial charge in [0.15, 0.2) is 0 Å². The van der Waals surface area contributed by atoms with Crippen molar-refractivity contribution in [2.45, 2.75) is 27.2 Å². The summed E-state index contributed by atoms with van der Waals surface area (Å²) < 4.78 is 5.33. The summed E-state index contributed by atoms with van der Waals surface area (Å²) in [7, 11) is 1.57. The van der Waals surface area contributed by atoms with E-state index in [2.05, 4.69) is 24.1 Å². The van der Waals surface area contributed by atoms with Crippen LogP contribution in [0.25, 0.3) is 0 Å². The Bertz CT molecular complexity index is 875. The molecule has 0 bridgehead atoms. The summed E-state index contributed by atoms with van der Waals surface area (Å²) in [4.78, 5) is 29.3. The molecule has 2 aromatic carbocycles. The highest BCUT2D eigenvalue weighted by Crippen LogP contribution is 2.30. The van der Waals surface area contributed by atoms with Crippen molar-refractivity contribution in [3.63, 3.8) is 0 Å². The molecule has 1 atom stereocenters. The molecule has 6 heteroatoms. The van der Waals surface area contributed by atoms with Crippen LogP contribution in [-0.2, 0) is 9.59 Å². The van der Waals surface area contributed by atoms with Crippen molar-refractivity contribution in [2.24, 2.45) is 5.92 Å². The average molecular weight is 396 g/mol. The number of nitrogens with zero attached hydrogens (tertiary/aromatic N) is 2. The summed E-state index contributed by atoms with van der Waals surface area (Å²) in [5.41, 5.74) is 3.62. The second-order valence-corrected chi connectivity index (χ2v) is 7.29. The fraction of sp³-hybridized carbons (Fsp3) is 0.391. The number of aryl methyl sites for hydroxylation is 1. The minimum Gasteiger partial charge on any atom is -0.495 e. The molecule has 3 rings (SSSR count). The Labute approximate surface area is 172 Å². The second kappa shape index (κ2) is 8.99. The zero-order chi connectivity index (χ0) is 21.0. The van der Waals surface area contributed by atoms with Crippen LogP contribution in [0.3, 0.4) is 0 Å². The highest BCUT2D eigenvalue weighted by molar-refractivity contribution is 6.04. The maximum absolute atomic E-state index is 12.8. The summed E-state index contributed by atoms with van der Waals surface area (Å²) in [6, 6.07) is 13.6. The van der Waals surface area contributed by atoms with E-state index in [0.29, 0.717) is 18.0 Å². The lowest BCUT2D eigenvalue weighted by Gasteiger charge is -2.22. The van der Waals surface area contributed by atoms with E-state index in [4.69, 9.17) is 4.74 Å². The normalized spacial score (nSPS) is 16.1. The van der Waals surface area contributed by atoms with Crippen LogP contribution in [-0.4, -0.2) is 38.6 Å². The standard InChI is InChI=1S/C23H29N3O3/c1-5-25(6-2)18-8-10-19(11-9-18)26-15-17(14-22(26)27)23(28)24-20-13-16(3)7-12-21(20)29-4/h7-13,17H,5-6,14-15H2,1-4H3,(H,24,28). The number of ether oxygens (including phenoxy) is 1. The molecule has 1 N–H and O–H groups in total. The first-order valence-corrected chi connectivity index (χ1v) is 10.1. The van der Waals surface area contributed by atoms with Crippen molar-refractivity contribution in [1.29, 1.82) is 0 Å². The number of hydrogen-bond donors (Lipinski definition) is 1. The number of methoxy groups -OCH3 is 1. The van der Waals surface area contributed by atoms with Crippen molar-refractivity contribution in [3.8, 4) is 5.75 Å². The SMILES string of the molecule is CCN(CC)c1ccc(N2CC(C(=O)Nc3cc(C)ccc3OC)CC2=O)cc1. The predicted octanol–water partition coefficient (Wildman–Crippen LogP) is 3.84. The van der Waals surface area contributed by atoms with E-state index in [1.807, 2.05) is 49.4 Å². The molecule has 2 aromatic rings. The topological polar surface area (TPSA) is 61.9 Å². The maximum atomic E-state index is 12.8. The third-order valence-corrected chi connectivity index (χ3v) is 5.40. The first kappa shape index (κ1) is 20.7. The van der Waals surface area contributed by atoms with Crippen molar-refractivity contribution in [3.05, 3.63) is 48.0 Å². The zero-order valence-corrected chi connectivity index (χ0v) is 17.6. The molecule has 154 valence electrons. The van der Waals surface area contributed by atoms with Crippen LogP contribution in [0, 0.1) is 12.8 Å². The van der Waals surface area contributed by atoms with Crippen LogP contribution < -0.4 is 19.9 Å². The van der Waals surface area contributed by atoms with E-state index in [9.17, 15) is 9.59 Å². The molecule has 0 saturated carbocycles. The number of carbonyl (C=O) groups is 2. The molecule has 1 fully saturated rings. The lowest BCUT2D eigenvalue weighted by molar-refractivity contribution is -0.122. The molecule has 0 spiro atoms. The maximum Gasteiger partial charge on any atom is 0.229 e. The first-order valence-electron chi connectivity index (χ1n) is 10.1. The number of anilines is 3. The smallest absolute Gasteiger partial charge is 0.229 e. The van der Waals surface area contributed by atoms with Gasteiger partial charge in [0.2, 0.25) is 11.8 Å². The first-order chi connectivity index (χ1) is 14.0. The quantitative estimate of drug-likeness (QED) is 0.774. The molecule has 0 aliphatic carbocycles. The van der Waals surface area contributed by atoms with Gasteiger partial charge in [-0.15, -0.1) is 0 Å². The Morgan fingerprint density at radius 3 is 2.48 bits per heavy atom. The molecular formula is C23H29N3O3. The van der Waals surface area contributed by atoms with Gasteiger partial charge in [0.05, 0.1) is 18.7 Å². The van der Waals surface area contributed by atoms with E-state index >= 15 is 0 Å². The Balaban J connectivity index is 1.70. The highest BCUT2D eigenvalue weighted by Gasteiger charge is 2.35. The lowest BCUT2D eigenvalue weighted by Crippen LogP contribution is -2.28. The van der Waals surface area contributed by atoms with Gasteiger partial charge < -0.3 is 19.9 Å². The fourth-order valence-corrected chi connectivity index (χ4v) is 3.72. The van der Waals surface area contributed by atoms with Crippen LogP contribution in [0.5, 0.6) is 5.75 Å². The van der Waals surface area contributed by atoms with Crippen molar-refractivity contribution >= 4 is 28.9 Å². The number of carbonyl (C=O) groups excluding carboxylic acids is 2. The molecule has 1 aliphatic rings. The van der Waals surface area contributed by atoms with Gasteiger partial charge in [-0.1, -0.05) is 6.07 Å². The Morgan fingerprint density at radius 1 is 1.17 bits per heavy atom. The summed E-state index contributed by atoms with van der Waals surface area (Å²) in [6.07, 6.45) is 0.206. The van der Waals surface area contributed by atoms with Gasteiger partial charge in [-0.3, -0.25) is 9.59 Å². The molecule has 6 nitrogen and oxygen atoms in total. The molecule has 29 heavy (non-hydrogen) atoms. The van der Waals surface area contributed by atoms with E-state index < -0.39 is 5.92 Å². The molecule has 1 heterocycles. The van der Waals surface area contributed by atoms with E-state index in [1.165, 1.54) is 0 Å². The summed E-state index contributed by atoms with van der Waals surface area (Å²) in [6.45, 7) is 8.44. The van der Waals surface area contributed by atoms with Gasteiger partial charge in [0.1, 0.15) is 5.75 Å². The molecule has 2 amide bonds. The van der Waals surface area contributed by atoms with E-state index in [1.54, 1.807) is 12.0 Å². The molecule has 1 saturated heterocycles. The summed E-state index contributed by atoms with van der Waals surface area (Å²) in [5.74, 6) is 0.0220. The number of amides is 2. The van der Waals surface area contributed by atoms with Crippen LogP contribution in [0.2, 0.25) is 0 Å². The second-order valence-electron chi connectivity index (χ2n) is 7.29. The molecular weight excluding hydrogens is 366 g/mol. The van der Waals surface area contributed by atoms with Gasteiger partial charge in [-0.05, 0) is 62.7 Å². The van der Waals surface area contributed by atoms with Crippen molar-refractivity contribution in [2.75, 3.05) is 41.9 Å². The van der Waals surface area contributed by atoms with E-state index in [0.717, 1.165) is 30.0 Å². The number of rotatable bonds is 7. The van der Waals surface area contributed by atoms with Gasteiger partial charge in [0.25, 0.3) is 0 Å². The Kier molecular flexibility index (Phi) is 6.42. The van der Waals surface area contributed by atoms with Gasteiger partial charge in [0, 0.05) is 37.4 Å². The number of hydrogen-bond acceptors (Lipinski definition) is 4. The Hall–Kier alpha value is -3.02. The molecule has 1 unspecified atom stereocenters. The largest absolute Gasteiger partial charge is 0.495 e. The van der Waals surface area contributed by atoms with Crippen LogP contribution >= 0.6 is 0 Å². The lowest BCUT2D eigenvalue weighted by atomic mass is 10.1. The van der Waals surface area contributed by atoms with Crippen LogP contribution in [0.15, 0.2) is 42.5 Å². The third-order valence-electron chi connectivity index (χ3n) is 5.40. The Morgan fingerprint density at radius 2 is 1.86 bits per heavy atom. The number of benzene rings is 2.